The van der Waals surface area contributed by atoms with Crippen molar-refractivity contribution in [2.24, 2.45) is 11.7 Å². The Morgan fingerprint density at radius 1 is 1.24 bits per heavy atom. The molecule has 0 spiro atoms. The van der Waals surface area contributed by atoms with Crippen molar-refractivity contribution < 1.29 is 9.59 Å². The first-order valence-electron chi connectivity index (χ1n) is 6.98. The second-order valence-electron chi connectivity index (χ2n) is 5.36. The third-order valence-electron chi connectivity index (χ3n) is 3.64. The molecule has 6 heteroatoms. The monoisotopic (exact) mass is 311 g/mol. The Balaban J connectivity index is 0.00000220. The minimum Gasteiger partial charge on any atom is -0.344 e. The Morgan fingerprint density at radius 2 is 1.90 bits per heavy atom. The maximum Gasteiger partial charge on any atom is 0.246 e. The van der Waals surface area contributed by atoms with E-state index in [1.54, 1.807) is 6.92 Å². The summed E-state index contributed by atoms with van der Waals surface area (Å²) in [5.41, 5.74) is 6.52. The van der Waals surface area contributed by atoms with Crippen LogP contribution in [0.2, 0.25) is 0 Å². The lowest BCUT2D eigenvalue weighted by molar-refractivity contribution is -0.128. The Hall–Kier alpha value is -1.59. The van der Waals surface area contributed by atoms with Crippen LogP contribution in [0.5, 0.6) is 0 Å². The zero-order chi connectivity index (χ0) is 14.5. The molecule has 0 heterocycles. The summed E-state index contributed by atoms with van der Waals surface area (Å²) < 4.78 is 0. The van der Waals surface area contributed by atoms with Gasteiger partial charge >= 0.3 is 0 Å². The summed E-state index contributed by atoms with van der Waals surface area (Å²) in [6.07, 6.45) is 2.39. The molecule has 0 bridgehead atoms. The van der Waals surface area contributed by atoms with E-state index in [9.17, 15) is 9.59 Å². The number of halogens is 1. The lowest BCUT2D eigenvalue weighted by Gasteiger charge is -2.17. The number of hydrogen-bond acceptors (Lipinski definition) is 3. The van der Waals surface area contributed by atoms with Crippen molar-refractivity contribution >= 4 is 29.9 Å². The van der Waals surface area contributed by atoms with Gasteiger partial charge in [-0.25, -0.2) is 0 Å². The molecule has 2 amide bonds. The van der Waals surface area contributed by atoms with Crippen LogP contribution in [0, 0.1) is 5.92 Å². The molecule has 1 aliphatic carbocycles. The fourth-order valence-electron chi connectivity index (χ4n) is 2.42. The minimum atomic E-state index is -0.556. The summed E-state index contributed by atoms with van der Waals surface area (Å²) in [5.74, 6) is -0.350. The van der Waals surface area contributed by atoms with Gasteiger partial charge in [-0.15, -0.1) is 12.4 Å². The summed E-state index contributed by atoms with van der Waals surface area (Å²) in [6, 6.07) is 8.74. The van der Waals surface area contributed by atoms with Crippen LogP contribution in [0.1, 0.15) is 26.2 Å². The minimum absolute atomic E-state index is 0. The van der Waals surface area contributed by atoms with Gasteiger partial charge in [0.1, 0.15) is 6.04 Å². The topological polar surface area (TPSA) is 84.2 Å². The van der Waals surface area contributed by atoms with Gasteiger partial charge in [-0.2, -0.15) is 0 Å². The molecule has 2 rings (SSSR count). The Bertz CT molecular complexity index is 481. The molecule has 21 heavy (non-hydrogen) atoms. The summed E-state index contributed by atoms with van der Waals surface area (Å²) in [4.78, 5) is 24.0. The highest BCUT2D eigenvalue weighted by atomic mass is 35.5. The van der Waals surface area contributed by atoms with E-state index in [2.05, 4.69) is 10.6 Å². The number of para-hydroxylation sites is 1. The Kier molecular flexibility index (Phi) is 6.65. The Morgan fingerprint density at radius 3 is 2.48 bits per heavy atom. The zero-order valence-corrected chi connectivity index (χ0v) is 12.9. The van der Waals surface area contributed by atoms with Crippen molar-refractivity contribution in [2.45, 2.75) is 38.3 Å². The molecule has 1 aliphatic rings. The van der Waals surface area contributed by atoms with E-state index in [0.717, 1.165) is 18.5 Å². The van der Waals surface area contributed by atoms with Crippen LogP contribution < -0.4 is 16.4 Å². The average molecular weight is 312 g/mol. The number of amides is 2. The van der Waals surface area contributed by atoms with Crippen molar-refractivity contribution in [3.05, 3.63) is 30.3 Å². The largest absolute Gasteiger partial charge is 0.344 e. The van der Waals surface area contributed by atoms with E-state index < -0.39 is 6.04 Å². The standard InChI is InChI=1S/C15H21N3O2.ClH/c1-10(14(19)18-13-5-3-2-4-6-13)17-15(20)11-7-8-12(16)9-11;/h2-6,10-12H,7-9,16H2,1H3,(H,17,20)(H,18,19);1H. The van der Waals surface area contributed by atoms with E-state index >= 15 is 0 Å². The molecule has 116 valence electrons. The number of carbonyl (C=O) groups excluding carboxylic acids is 2. The van der Waals surface area contributed by atoms with Gasteiger partial charge in [-0.1, -0.05) is 18.2 Å². The van der Waals surface area contributed by atoms with E-state index in [0.29, 0.717) is 6.42 Å². The third-order valence-corrected chi connectivity index (χ3v) is 3.64. The van der Waals surface area contributed by atoms with Crippen molar-refractivity contribution in [1.82, 2.24) is 5.32 Å². The van der Waals surface area contributed by atoms with Gasteiger partial charge in [0.15, 0.2) is 0 Å². The molecule has 0 aromatic heterocycles. The van der Waals surface area contributed by atoms with Gasteiger partial charge in [0, 0.05) is 17.6 Å². The number of nitrogens with two attached hydrogens (primary N) is 1. The zero-order valence-electron chi connectivity index (χ0n) is 12.0. The quantitative estimate of drug-likeness (QED) is 0.791. The van der Waals surface area contributed by atoms with Crippen molar-refractivity contribution in [3.8, 4) is 0 Å². The summed E-state index contributed by atoms with van der Waals surface area (Å²) in [6.45, 7) is 1.69. The lowest BCUT2D eigenvalue weighted by atomic mass is 10.1. The van der Waals surface area contributed by atoms with Crippen LogP contribution in [-0.2, 0) is 9.59 Å². The number of rotatable bonds is 4. The maximum atomic E-state index is 12.0. The lowest BCUT2D eigenvalue weighted by Crippen LogP contribution is -2.44. The van der Waals surface area contributed by atoms with E-state index in [1.165, 1.54) is 0 Å². The van der Waals surface area contributed by atoms with Crippen LogP contribution in [0.3, 0.4) is 0 Å². The molecular formula is C15H22ClN3O2. The number of nitrogens with one attached hydrogen (secondary N) is 2. The maximum absolute atomic E-state index is 12.0. The van der Waals surface area contributed by atoms with Crippen LogP contribution in [0.15, 0.2) is 30.3 Å². The summed E-state index contributed by atoms with van der Waals surface area (Å²) in [7, 11) is 0. The molecule has 1 aromatic carbocycles. The fraction of sp³-hybridized carbons (Fsp3) is 0.467. The third kappa shape index (κ3) is 5.02. The second kappa shape index (κ2) is 8.00. The van der Waals surface area contributed by atoms with Gasteiger partial charge in [0.25, 0.3) is 0 Å². The second-order valence-corrected chi connectivity index (χ2v) is 5.36. The van der Waals surface area contributed by atoms with Gasteiger partial charge in [-0.05, 0) is 38.3 Å². The molecule has 1 saturated carbocycles. The first-order chi connectivity index (χ1) is 9.56. The van der Waals surface area contributed by atoms with Crippen LogP contribution in [-0.4, -0.2) is 23.9 Å². The number of anilines is 1. The number of benzene rings is 1. The molecule has 4 N–H and O–H groups in total. The molecule has 1 aromatic rings. The van der Waals surface area contributed by atoms with Crippen LogP contribution in [0.25, 0.3) is 0 Å². The fourth-order valence-corrected chi connectivity index (χ4v) is 2.42. The molecule has 0 saturated heterocycles. The SMILES string of the molecule is CC(NC(=O)C1CCC(N)C1)C(=O)Nc1ccccc1.Cl. The first-order valence-corrected chi connectivity index (χ1v) is 6.98. The highest BCUT2D eigenvalue weighted by molar-refractivity contribution is 5.97. The predicted molar refractivity (Wildman–Crippen MR) is 85.2 cm³/mol. The molecule has 3 atom stereocenters. The van der Waals surface area contributed by atoms with Crippen LogP contribution in [0.4, 0.5) is 5.69 Å². The molecule has 0 aliphatic heterocycles. The van der Waals surface area contributed by atoms with Crippen molar-refractivity contribution in [2.75, 3.05) is 5.32 Å². The molecular weight excluding hydrogens is 290 g/mol. The van der Waals surface area contributed by atoms with Gasteiger partial charge in [0.05, 0.1) is 0 Å². The van der Waals surface area contributed by atoms with Crippen LogP contribution >= 0.6 is 12.4 Å². The Labute approximate surface area is 131 Å². The van der Waals surface area contributed by atoms with Gasteiger partial charge < -0.3 is 16.4 Å². The van der Waals surface area contributed by atoms with Gasteiger partial charge in [-0.3, -0.25) is 9.59 Å². The number of hydrogen-bond donors (Lipinski definition) is 3. The summed E-state index contributed by atoms with van der Waals surface area (Å²) in [5, 5.41) is 5.52. The van der Waals surface area contributed by atoms with Crippen molar-refractivity contribution in [1.29, 1.82) is 0 Å². The molecule has 0 radical (unpaired) electrons. The molecule has 5 nitrogen and oxygen atoms in total. The highest BCUT2D eigenvalue weighted by Crippen LogP contribution is 2.24. The van der Waals surface area contributed by atoms with E-state index in [-0.39, 0.29) is 36.2 Å². The van der Waals surface area contributed by atoms with Crippen molar-refractivity contribution in [3.63, 3.8) is 0 Å². The molecule has 3 unspecified atom stereocenters. The summed E-state index contributed by atoms with van der Waals surface area (Å²) >= 11 is 0. The normalized spacial score (nSPS) is 22.0. The predicted octanol–water partition coefficient (Wildman–Crippen LogP) is 1.68. The molecule has 1 fully saturated rings. The van der Waals surface area contributed by atoms with Gasteiger partial charge in [0.2, 0.25) is 11.8 Å². The van der Waals surface area contributed by atoms with E-state index in [1.807, 2.05) is 30.3 Å². The number of carbonyl (C=O) groups is 2. The smallest absolute Gasteiger partial charge is 0.246 e. The first kappa shape index (κ1) is 17.5. The average Bonchev–Trinajstić information content (AvgIpc) is 2.86. The van der Waals surface area contributed by atoms with E-state index in [4.69, 9.17) is 5.73 Å². The highest BCUT2D eigenvalue weighted by Gasteiger charge is 2.29.